The molecule has 32 heavy (non-hydrogen) atoms. The van der Waals surface area contributed by atoms with Crippen LogP contribution in [0.4, 0.5) is 5.69 Å². The first-order valence-corrected chi connectivity index (χ1v) is 11.3. The average Bonchev–Trinajstić information content (AvgIpc) is 2.79. The van der Waals surface area contributed by atoms with E-state index in [1.165, 1.54) is 0 Å². The van der Waals surface area contributed by atoms with Gasteiger partial charge in [0.05, 0.1) is 16.8 Å². The Morgan fingerprint density at radius 3 is 2.41 bits per heavy atom. The van der Waals surface area contributed by atoms with Crippen molar-refractivity contribution in [3.63, 3.8) is 0 Å². The number of pyridine rings is 1. The summed E-state index contributed by atoms with van der Waals surface area (Å²) in [4.78, 5) is 18.5. The molecule has 0 spiro atoms. The fourth-order valence-electron chi connectivity index (χ4n) is 4.16. The van der Waals surface area contributed by atoms with Crippen LogP contribution in [-0.4, -0.2) is 10.9 Å². The molecule has 5 aromatic rings. The molecule has 0 saturated carbocycles. The SMILES string of the molecule is Cc1cc(C)c2nc(-c3ccc(Br)cc3)cc(C(=O)Nc3cccc4ccccc34)c2c1. The summed E-state index contributed by atoms with van der Waals surface area (Å²) in [6.07, 6.45) is 0. The van der Waals surface area contributed by atoms with Gasteiger partial charge in [0.2, 0.25) is 0 Å². The van der Waals surface area contributed by atoms with Crippen molar-refractivity contribution in [1.29, 1.82) is 0 Å². The molecule has 0 aliphatic carbocycles. The molecule has 0 radical (unpaired) electrons. The van der Waals surface area contributed by atoms with Gasteiger partial charge in [-0.15, -0.1) is 0 Å². The number of aromatic nitrogens is 1. The third kappa shape index (κ3) is 3.78. The van der Waals surface area contributed by atoms with E-state index in [0.717, 1.165) is 54.2 Å². The molecule has 1 heterocycles. The highest BCUT2D eigenvalue weighted by molar-refractivity contribution is 9.10. The fraction of sp³-hybridized carbons (Fsp3) is 0.0714. The van der Waals surface area contributed by atoms with Crippen molar-refractivity contribution in [3.05, 3.63) is 106 Å². The predicted molar refractivity (Wildman–Crippen MR) is 136 cm³/mol. The molecule has 3 nitrogen and oxygen atoms in total. The van der Waals surface area contributed by atoms with Crippen molar-refractivity contribution in [2.24, 2.45) is 0 Å². The van der Waals surface area contributed by atoms with Gasteiger partial charge < -0.3 is 5.32 Å². The number of hydrogen-bond donors (Lipinski definition) is 1. The lowest BCUT2D eigenvalue weighted by Crippen LogP contribution is -2.13. The molecule has 0 unspecified atom stereocenters. The van der Waals surface area contributed by atoms with Crippen LogP contribution >= 0.6 is 15.9 Å². The van der Waals surface area contributed by atoms with E-state index in [1.54, 1.807) is 0 Å². The number of nitrogens with one attached hydrogen (secondary N) is 1. The Morgan fingerprint density at radius 2 is 1.59 bits per heavy atom. The van der Waals surface area contributed by atoms with Gasteiger partial charge in [-0.3, -0.25) is 4.79 Å². The van der Waals surface area contributed by atoms with Gasteiger partial charge in [-0.2, -0.15) is 0 Å². The second kappa shape index (κ2) is 8.21. The molecular weight excluding hydrogens is 460 g/mol. The quantitative estimate of drug-likeness (QED) is 0.287. The number of carbonyl (C=O) groups is 1. The Morgan fingerprint density at radius 1 is 0.844 bits per heavy atom. The first kappa shape index (κ1) is 20.4. The Bertz CT molecular complexity index is 1480. The maximum atomic E-state index is 13.6. The summed E-state index contributed by atoms with van der Waals surface area (Å²) < 4.78 is 1.00. The second-order valence-corrected chi connectivity index (χ2v) is 8.94. The highest BCUT2D eigenvalue weighted by Crippen LogP contribution is 2.30. The van der Waals surface area contributed by atoms with E-state index >= 15 is 0 Å². The zero-order chi connectivity index (χ0) is 22.2. The predicted octanol–water partition coefficient (Wildman–Crippen LogP) is 7.69. The minimum Gasteiger partial charge on any atom is -0.321 e. The third-order valence-electron chi connectivity index (χ3n) is 5.67. The number of aryl methyl sites for hydroxylation is 2. The molecule has 0 aliphatic rings. The molecule has 1 amide bonds. The van der Waals surface area contributed by atoms with Crippen LogP contribution < -0.4 is 5.32 Å². The van der Waals surface area contributed by atoms with Crippen LogP contribution in [0.15, 0.2) is 89.4 Å². The Kier molecular flexibility index (Phi) is 5.24. The van der Waals surface area contributed by atoms with E-state index in [1.807, 2.05) is 92.7 Å². The molecule has 0 saturated heterocycles. The van der Waals surface area contributed by atoms with Gasteiger partial charge >= 0.3 is 0 Å². The monoisotopic (exact) mass is 480 g/mol. The Labute approximate surface area is 195 Å². The van der Waals surface area contributed by atoms with Crippen molar-refractivity contribution in [3.8, 4) is 11.3 Å². The average molecular weight is 481 g/mol. The van der Waals surface area contributed by atoms with Crippen molar-refractivity contribution in [2.75, 3.05) is 5.32 Å². The third-order valence-corrected chi connectivity index (χ3v) is 6.20. The number of hydrogen-bond acceptors (Lipinski definition) is 2. The molecule has 156 valence electrons. The number of nitrogens with zero attached hydrogens (tertiary/aromatic N) is 1. The van der Waals surface area contributed by atoms with Gasteiger partial charge in [0.1, 0.15) is 0 Å². The van der Waals surface area contributed by atoms with Crippen LogP contribution in [0.3, 0.4) is 0 Å². The molecule has 0 aliphatic heterocycles. The Hall–Kier alpha value is -3.50. The number of fused-ring (bicyclic) bond motifs is 2. The van der Waals surface area contributed by atoms with Crippen molar-refractivity contribution < 1.29 is 4.79 Å². The van der Waals surface area contributed by atoms with Gasteiger partial charge in [0, 0.05) is 26.5 Å². The first-order valence-electron chi connectivity index (χ1n) is 10.5. The van der Waals surface area contributed by atoms with Crippen LogP contribution in [0.1, 0.15) is 21.5 Å². The number of anilines is 1. The lowest BCUT2D eigenvalue weighted by atomic mass is 9.99. The summed E-state index contributed by atoms with van der Waals surface area (Å²) in [7, 11) is 0. The number of benzene rings is 4. The van der Waals surface area contributed by atoms with E-state index in [0.29, 0.717) is 5.56 Å². The standard InChI is InChI=1S/C28H21BrN2O/c1-17-14-18(2)27-23(15-17)24(16-26(30-27)20-10-12-21(29)13-11-20)28(32)31-25-9-5-7-19-6-3-4-8-22(19)25/h3-16H,1-2H3,(H,31,32). The Balaban J connectivity index is 1.67. The van der Waals surface area contributed by atoms with Crippen LogP contribution in [0, 0.1) is 13.8 Å². The van der Waals surface area contributed by atoms with E-state index < -0.39 is 0 Å². The minimum atomic E-state index is -0.142. The van der Waals surface area contributed by atoms with Crippen molar-refractivity contribution in [2.45, 2.75) is 13.8 Å². The zero-order valence-corrected chi connectivity index (χ0v) is 19.4. The largest absolute Gasteiger partial charge is 0.321 e. The maximum Gasteiger partial charge on any atom is 0.256 e. The molecule has 0 fully saturated rings. The van der Waals surface area contributed by atoms with Crippen molar-refractivity contribution in [1.82, 2.24) is 4.98 Å². The molecule has 1 aromatic heterocycles. The number of amides is 1. The molecule has 4 heteroatoms. The summed E-state index contributed by atoms with van der Waals surface area (Å²) in [6.45, 7) is 4.08. The van der Waals surface area contributed by atoms with E-state index in [2.05, 4.69) is 27.3 Å². The molecular formula is C28H21BrN2O. The summed E-state index contributed by atoms with van der Waals surface area (Å²) in [5.74, 6) is -0.142. The maximum absolute atomic E-state index is 13.6. The normalized spacial score (nSPS) is 11.1. The molecule has 0 atom stereocenters. The summed E-state index contributed by atoms with van der Waals surface area (Å²) in [5, 5.41) is 6.11. The zero-order valence-electron chi connectivity index (χ0n) is 17.8. The lowest BCUT2D eigenvalue weighted by Gasteiger charge is -2.14. The van der Waals surface area contributed by atoms with Crippen molar-refractivity contribution >= 4 is 49.2 Å². The summed E-state index contributed by atoms with van der Waals surface area (Å²) >= 11 is 3.49. The molecule has 0 bridgehead atoms. The minimum absolute atomic E-state index is 0.142. The fourth-order valence-corrected chi connectivity index (χ4v) is 4.43. The van der Waals surface area contributed by atoms with Crippen LogP contribution in [0.5, 0.6) is 0 Å². The van der Waals surface area contributed by atoms with Gasteiger partial charge in [-0.05, 0) is 55.1 Å². The number of halogens is 1. The number of rotatable bonds is 3. The van der Waals surface area contributed by atoms with E-state index in [-0.39, 0.29) is 5.91 Å². The van der Waals surface area contributed by atoms with Gasteiger partial charge in [0.25, 0.3) is 5.91 Å². The highest BCUT2D eigenvalue weighted by atomic mass is 79.9. The van der Waals surface area contributed by atoms with Gasteiger partial charge in [0.15, 0.2) is 0 Å². The number of carbonyl (C=O) groups excluding carboxylic acids is 1. The van der Waals surface area contributed by atoms with Crippen LogP contribution in [0.25, 0.3) is 32.9 Å². The summed E-state index contributed by atoms with van der Waals surface area (Å²) in [6, 6.07) is 28.0. The molecule has 5 rings (SSSR count). The molecule has 1 N–H and O–H groups in total. The van der Waals surface area contributed by atoms with Gasteiger partial charge in [-0.1, -0.05) is 76.1 Å². The van der Waals surface area contributed by atoms with Crippen LogP contribution in [0.2, 0.25) is 0 Å². The second-order valence-electron chi connectivity index (χ2n) is 8.02. The van der Waals surface area contributed by atoms with E-state index in [4.69, 9.17) is 4.98 Å². The molecule has 4 aromatic carbocycles. The topological polar surface area (TPSA) is 42.0 Å². The van der Waals surface area contributed by atoms with E-state index in [9.17, 15) is 4.79 Å². The first-order chi connectivity index (χ1) is 15.5. The van der Waals surface area contributed by atoms with Crippen LogP contribution in [-0.2, 0) is 0 Å². The smallest absolute Gasteiger partial charge is 0.256 e. The summed E-state index contributed by atoms with van der Waals surface area (Å²) in [5.41, 5.74) is 6.17. The lowest BCUT2D eigenvalue weighted by molar-refractivity contribution is 0.102. The highest BCUT2D eigenvalue weighted by Gasteiger charge is 2.17. The van der Waals surface area contributed by atoms with Gasteiger partial charge in [-0.25, -0.2) is 4.98 Å².